The van der Waals surface area contributed by atoms with Crippen molar-refractivity contribution in [3.8, 4) is 0 Å². The molecule has 3 aliphatic carbocycles. The van der Waals surface area contributed by atoms with Crippen LogP contribution in [0.3, 0.4) is 0 Å². The van der Waals surface area contributed by atoms with Gasteiger partial charge in [0.2, 0.25) is 0 Å². The highest BCUT2D eigenvalue weighted by atomic mass is 31.1. The van der Waals surface area contributed by atoms with E-state index in [1.54, 1.807) is 32.2 Å². The van der Waals surface area contributed by atoms with Crippen LogP contribution in [0, 0.1) is 51.4 Å². The summed E-state index contributed by atoms with van der Waals surface area (Å²) >= 11 is 0. The van der Waals surface area contributed by atoms with Crippen LogP contribution in [0.25, 0.3) is 21.5 Å². The standard InChI is InChI=1S/C57H66P2/c1-38-32-39(2)35-47(34-38)58(48-36-40(3)33-41(4)37-48)42(5)53-26-15-31-57(53)46-21-8-6-7-16-44(29-30-46)49-23-14-24-51(49)52-25-11-19-45-20-13-28-55(56(45)52)59(57)54-27-12-18-43-17-9-10-22-50(43)54/h9-13,17-20,22,25,27-28,32-37,42,44,46,49,51,53H,6-8,14-16,21,23-24,26,29-31H2,1-5H3/t42?,44?,46?,49?,51-,53?,57?,59?/m0/s1. The Balaban J connectivity index is 1.29. The summed E-state index contributed by atoms with van der Waals surface area (Å²) in [7, 11) is -1.37. The van der Waals surface area contributed by atoms with Gasteiger partial charge in [0.1, 0.15) is 0 Å². The number of hydrogen-bond donors (Lipinski definition) is 0. The monoisotopic (exact) mass is 812 g/mol. The van der Waals surface area contributed by atoms with Crippen molar-refractivity contribution < 1.29 is 0 Å². The van der Waals surface area contributed by atoms with Gasteiger partial charge in [0.05, 0.1) is 0 Å². The van der Waals surface area contributed by atoms with Crippen molar-refractivity contribution in [2.75, 3.05) is 0 Å². The summed E-state index contributed by atoms with van der Waals surface area (Å²) in [6, 6.07) is 47.2. The van der Waals surface area contributed by atoms with Crippen LogP contribution in [0.15, 0.2) is 115 Å². The minimum Gasteiger partial charge on any atom is -0.0616 e. The largest absolute Gasteiger partial charge is 0.0616 e. The quantitative estimate of drug-likeness (QED) is 0.152. The molecule has 0 saturated heterocycles. The summed E-state index contributed by atoms with van der Waals surface area (Å²) in [5.41, 5.74) is 7.91. The van der Waals surface area contributed by atoms with Crippen molar-refractivity contribution in [2.45, 2.75) is 135 Å². The average molecular weight is 813 g/mol. The Morgan fingerprint density at radius 3 is 1.95 bits per heavy atom. The second-order valence-corrected chi connectivity index (χ2v) is 24.8. The van der Waals surface area contributed by atoms with Crippen molar-refractivity contribution in [2.24, 2.45) is 23.7 Å². The summed E-state index contributed by atoms with van der Waals surface area (Å²) in [6.07, 6.45) is 18.2. The lowest BCUT2D eigenvalue weighted by atomic mass is 9.72. The molecule has 0 N–H and O–H groups in total. The number of hydrogen-bond acceptors (Lipinski definition) is 0. The normalized spacial score (nSPS) is 27.7. The van der Waals surface area contributed by atoms with E-state index in [0.29, 0.717) is 17.5 Å². The Morgan fingerprint density at radius 1 is 0.559 bits per heavy atom. The summed E-state index contributed by atoms with van der Waals surface area (Å²) < 4.78 is 0. The predicted octanol–water partition coefficient (Wildman–Crippen LogP) is 14.6. The molecule has 1 spiro atoms. The molecule has 3 fully saturated rings. The Kier molecular flexibility index (Phi) is 11.2. The summed E-state index contributed by atoms with van der Waals surface area (Å²) in [6.45, 7) is 12.1. The Bertz CT molecular complexity index is 2370. The van der Waals surface area contributed by atoms with Crippen LogP contribution < -0.4 is 21.2 Å². The maximum atomic E-state index is 2.76. The molecule has 2 heteroatoms. The molecule has 0 radical (unpaired) electrons. The van der Waals surface area contributed by atoms with Gasteiger partial charge in [-0.1, -0.05) is 183 Å². The van der Waals surface area contributed by atoms with Crippen LogP contribution in [0.5, 0.6) is 0 Å². The molecule has 8 atom stereocenters. The zero-order valence-electron chi connectivity index (χ0n) is 36.5. The zero-order valence-corrected chi connectivity index (χ0v) is 38.3. The van der Waals surface area contributed by atoms with Crippen molar-refractivity contribution in [3.63, 3.8) is 0 Å². The average Bonchev–Trinajstić information content (AvgIpc) is 3.91. The number of fused-ring (bicyclic) bond motifs is 8. The van der Waals surface area contributed by atoms with Crippen LogP contribution in [-0.2, 0) is 0 Å². The molecule has 0 nitrogen and oxygen atoms in total. The third-order valence-electron chi connectivity index (χ3n) is 16.1. The fraction of sp³-hybridized carbons (Fsp3) is 0.439. The molecule has 1 heterocycles. The molecule has 4 aliphatic rings. The third kappa shape index (κ3) is 7.16. The maximum Gasteiger partial charge on any atom is 0.00486 e. The fourth-order valence-corrected chi connectivity index (χ4v) is 21.8. The summed E-state index contributed by atoms with van der Waals surface area (Å²) in [5.74, 6) is 3.71. The van der Waals surface area contributed by atoms with Gasteiger partial charge in [-0.25, -0.2) is 0 Å². The molecule has 2 bridgehead atoms. The molecular formula is C57H66P2. The topological polar surface area (TPSA) is 0 Å². The smallest absolute Gasteiger partial charge is 0.00486 e. The highest BCUT2D eigenvalue weighted by Crippen LogP contribution is 2.69. The molecule has 0 amide bonds. The number of rotatable bonds is 5. The third-order valence-corrected chi connectivity index (χ3v) is 22.4. The zero-order chi connectivity index (χ0) is 40.3. The molecule has 3 saturated carbocycles. The first-order valence-electron chi connectivity index (χ1n) is 23.6. The SMILES string of the molecule is Cc1cc(C)cc(P(c2cc(C)cc(C)c2)C(C)C2CCCC23C2CCCCCC(CC2)C2CCC[C@@H]2c2cccc4cccc(c24)P3c2cccc3ccccc23)c1. The van der Waals surface area contributed by atoms with Gasteiger partial charge in [0.15, 0.2) is 0 Å². The van der Waals surface area contributed by atoms with E-state index in [1.807, 2.05) is 0 Å². The summed E-state index contributed by atoms with van der Waals surface area (Å²) in [5, 5.41) is 12.8. The predicted molar refractivity (Wildman–Crippen MR) is 261 cm³/mol. The lowest BCUT2D eigenvalue weighted by Gasteiger charge is -2.52. The lowest BCUT2D eigenvalue weighted by molar-refractivity contribution is 0.220. The van der Waals surface area contributed by atoms with E-state index < -0.39 is 15.8 Å². The van der Waals surface area contributed by atoms with E-state index in [4.69, 9.17) is 0 Å². The van der Waals surface area contributed by atoms with E-state index in [1.165, 1.54) is 122 Å². The Labute approximate surface area is 358 Å². The molecule has 59 heavy (non-hydrogen) atoms. The van der Waals surface area contributed by atoms with Gasteiger partial charge in [0.25, 0.3) is 0 Å². The van der Waals surface area contributed by atoms with E-state index in [9.17, 15) is 0 Å². The summed E-state index contributed by atoms with van der Waals surface area (Å²) in [4.78, 5) is 0. The van der Waals surface area contributed by atoms with Crippen LogP contribution in [0.1, 0.15) is 124 Å². The minimum atomic E-state index is -0.758. The highest BCUT2D eigenvalue weighted by molar-refractivity contribution is 7.76. The van der Waals surface area contributed by atoms with Crippen molar-refractivity contribution in [1.29, 1.82) is 0 Å². The first kappa shape index (κ1) is 39.8. The van der Waals surface area contributed by atoms with Gasteiger partial charge in [-0.15, -0.1) is 0 Å². The van der Waals surface area contributed by atoms with Crippen molar-refractivity contribution in [1.82, 2.24) is 0 Å². The molecule has 0 aromatic heterocycles. The molecule has 6 aromatic rings. The Morgan fingerprint density at radius 2 is 1.20 bits per heavy atom. The molecule has 10 rings (SSSR count). The fourth-order valence-electron chi connectivity index (χ4n) is 14.0. The van der Waals surface area contributed by atoms with Gasteiger partial charge in [-0.3, -0.25) is 0 Å². The van der Waals surface area contributed by atoms with Gasteiger partial charge < -0.3 is 0 Å². The first-order valence-corrected chi connectivity index (χ1v) is 26.3. The van der Waals surface area contributed by atoms with Gasteiger partial charge >= 0.3 is 0 Å². The van der Waals surface area contributed by atoms with Crippen LogP contribution >= 0.6 is 15.8 Å². The Hall–Kier alpha value is -3.30. The van der Waals surface area contributed by atoms with Crippen molar-refractivity contribution >= 4 is 58.6 Å². The number of aryl methyl sites for hydroxylation is 4. The molecular weight excluding hydrogens is 747 g/mol. The first-order chi connectivity index (χ1) is 28.8. The minimum absolute atomic E-state index is 0.201. The molecule has 304 valence electrons. The highest BCUT2D eigenvalue weighted by Gasteiger charge is 2.57. The van der Waals surface area contributed by atoms with Crippen LogP contribution in [0.4, 0.5) is 0 Å². The van der Waals surface area contributed by atoms with Crippen LogP contribution in [-0.4, -0.2) is 10.8 Å². The van der Waals surface area contributed by atoms with Gasteiger partial charge in [-0.2, -0.15) is 0 Å². The second-order valence-electron chi connectivity index (χ2n) is 19.7. The van der Waals surface area contributed by atoms with E-state index in [-0.39, 0.29) is 5.16 Å². The van der Waals surface area contributed by atoms with E-state index in [0.717, 1.165) is 17.8 Å². The second kappa shape index (κ2) is 16.5. The molecule has 6 aromatic carbocycles. The maximum absolute atomic E-state index is 2.76. The van der Waals surface area contributed by atoms with E-state index >= 15 is 0 Å². The van der Waals surface area contributed by atoms with Crippen molar-refractivity contribution in [3.05, 3.63) is 143 Å². The van der Waals surface area contributed by atoms with E-state index in [2.05, 4.69) is 150 Å². The van der Waals surface area contributed by atoms with Gasteiger partial charge in [-0.05, 0) is 172 Å². The molecule has 1 aliphatic heterocycles. The van der Waals surface area contributed by atoms with Gasteiger partial charge in [0, 0.05) is 5.16 Å². The number of benzene rings is 6. The molecule has 7 unspecified atom stereocenters. The lowest BCUT2D eigenvalue weighted by Crippen LogP contribution is -2.49. The van der Waals surface area contributed by atoms with Crippen LogP contribution in [0.2, 0.25) is 0 Å².